The van der Waals surface area contributed by atoms with Gasteiger partial charge in [0.25, 0.3) is 0 Å². The van der Waals surface area contributed by atoms with Crippen LogP contribution in [-0.4, -0.2) is 39.4 Å². The summed E-state index contributed by atoms with van der Waals surface area (Å²) < 4.78 is 7.44. The molecular formula is C20H31IN6O. The van der Waals surface area contributed by atoms with Gasteiger partial charge in [-0.25, -0.2) is 9.67 Å². The van der Waals surface area contributed by atoms with E-state index in [9.17, 15) is 0 Å². The standard InChI is InChI=1S/C20H30N6O.HI/c1-15-5-2-3-7-18(15)25-20(21-11-10-17-6-4-12-27-17)24-16-8-9-19-22-14-23-26(19)13-16;/h4,6,12,14-16,18H,2-3,5,7-11,13H2,1H3,(H2,21,24,25);1H. The van der Waals surface area contributed by atoms with E-state index in [0.717, 1.165) is 43.4 Å². The molecule has 8 heteroatoms. The molecule has 3 heterocycles. The normalized spacial score (nSPS) is 24.9. The van der Waals surface area contributed by atoms with Crippen molar-refractivity contribution in [2.45, 2.75) is 70.5 Å². The Bertz CT molecular complexity index is 744. The van der Waals surface area contributed by atoms with E-state index in [0.29, 0.717) is 24.5 Å². The summed E-state index contributed by atoms with van der Waals surface area (Å²) in [6.07, 6.45) is 11.4. The van der Waals surface area contributed by atoms with Crippen LogP contribution in [0.2, 0.25) is 0 Å². The van der Waals surface area contributed by atoms with Crippen molar-refractivity contribution in [3.8, 4) is 0 Å². The number of aromatic nitrogens is 3. The number of nitrogens with one attached hydrogen (secondary N) is 2. The second-order valence-corrected chi connectivity index (χ2v) is 7.81. The van der Waals surface area contributed by atoms with Crippen molar-refractivity contribution in [1.82, 2.24) is 25.4 Å². The SMILES string of the molecule is CC1CCCCC1NC(=NCCc1ccco1)NC1CCc2ncnn2C1.I. The van der Waals surface area contributed by atoms with E-state index in [1.807, 2.05) is 16.8 Å². The van der Waals surface area contributed by atoms with Gasteiger partial charge < -0.3 is 15.1 Å². The molecule has 28 heavy (non-hydrogen) atoms. The molecule has 0 saturated heterocycles. The van der Waals surface area contributed by atoms with Gasteiger partial charge in [0, 0.05) is 31.5 Å². The summed E-state index contributed by atoms with van der Waals surface area (Å²) in [4.78, 5) is 9.17. The topological polar surface area (TPSA) is 80.3 Å². The first-order chi connectivity index (χ1) is 13.3. The fourth-order valence-electron chi connectivity index (χ4n) is 4.12. The van der Waals surface area contributed by atoms with Crippen LogP contribution in [-0.2, 0) is 19.4 Å². The smallest absolute Gasteiger partial charge is 0.191 e. The molecule has 154 valence electrons. The molecular weight excluding hydrogens is 467 g/mol. The Balaban J connectivity index is 0.00000225. The maximum Gasteiger partial charge on any atom is 0.191 e. The third-order valence-corrected chi connectivity index (χ3v) is 5.79. The zero-order valence-corrected chi connectivity index (χ0v) is 18.8. The highest BCUT2D eigenvalue weighted by Crippen LogP contribution is 2.23. The van der Waals surface area contributed by atoms with E-state index in [1.165, 1.54) is 25.7 Å². The average Bonchev–Trinajstić information content (AvgIpc) is 3.34. The lowest BCUT2D eigenvalue weighted by Gasteiger charge is -2.33. The van der Waals surface area contributed by atoms with Crippen molar-refractivity contribution in [1.29, 1.82) is 0 Å². The minimum atomic E-state index is 0. The molecule has 0 spiro atoms. The lowest BCUT2D eigenvalue weighted by molar-refractivity contribution is 0.303. The second kappa shape index (κ2) is 10.3. The molecule has 1 aliphatic carbocycles. The molecule has 2 N–H and O–H groups in total. The Morgan fingerprint density at radius 3 is 3.00 bits per heavy atom. The summed E-state index contributed by atoms with van der Waals surface area (Å²) >= 11 is 0. The minimum Gasteiger partial charge on any atom is -0.469 e. The third kappa shape index (κ3) is 5.48. The molecule has 3 unspecified atom stereocenters. The van der Waals surface area contributed by atoms with Crippen molar-refractivity contribution < 1.29 is 4.42 Å². The van der Waals surface area contributed by atoms with Crippen LogP contribution in [0.4, 0.5) is 0 Å². The van der Waals surface area contributed by atoms with Gasteiger partial charge in [0.2, 0.25) is 0 Å². The highest BCUT2D eigenvalue weighted by Gasteiger charge is 2.25. The summed E-state index contributed by atoms with van der Waals surface area (Å²) in [7, 11) is 0. The molecule has 2 aromatic heterocycles. The van der Waals surface area contributed by atoms with E-state index < -0.39 is 0 Å². The van der Waals surface area contributed by atoms with Gasteiger partial charge >= 0.3 is 0 Å². The van der Waals surface area contributed by atoms with Crippen LogP contribution < -0.4 is 10.6 Å². The number of hydrogen-bond donors (Lipinski definition) is 2. The van der Waals surface area contributed by atoms with Crippen molar-refractivity contribution in [3.05, 3.63) is 36.3 Å². The number of aryl methyl sites for hydroxylation is 1. The van der Waals surface area contributed by atoms with E-state index in [4.69, 9.17) is 9.41 Å². The van der Waals surface area contributed by atoms with Gasteiger partial charge in [-0.05, 0) is 37.3 Å². The van der Waals surface area contributed by atoms with E-state index >= 15 is 0 Å². The number of nitrogens with zero attached hydrogens (tertiary/aromatic N) is 4. The largest absolute Gasteiger partial charge is 0.469 e. The van der Waals surface area contributed by atoms with Crippen molar-refractivity contribution >= 4 is 29.9 Å². The fraction of sp³-hybridized carbons (Fsp3) is 0.650. The third-order valence-electron chi connectivity index (χ3n) is 5.79. The van der Waals surface area contributed by atoms with Crippen LogP contribution in [0.3, 0.4) is 0 Å². The summed E-state index contributed by atoms with van der Waals surface area (Å²) in [6.45, 7) is 3.90. The summed E-state index contributed by atoms with van der Waals surface area (Å²) in [5, 5.41) is 11.7. The summed E-state index contributed by atoms with van der Waals surface area (Å²) in [6, 6.07) is 4.76. The number of hydrogen-bond acceptors (Lipinski definition) is 4. The van der Waals surface area contributed by atoms with Crippen molar-refractivity contribution in [2.24, 2.45) is 10.9 Å². The molecule has 0 radical (unpaired) electrons. The lowest BCUT2D eigenvalue weighted by atomic mass is 9.86. The van der Waals surface area contributed by atoms with Gasteiger partial charge in [0.15, 0.2) is 5.96 Å². The van der Waals surface area contributed by atoms with Gasteiger partial charge in [-0.15, -0.1) is 24.0 Å². The van der Waals surface area contributed by atoms with Gasteiger partial charge in [0.1, 0.15) is 17.9 Å². The maximum atomic E-state index is 5.43. The number of rotatable bonds is 5. The molecule has 7 nitrogen and oxygen atoms in total. The fourth-order valence-corrected chi connectivity index (χ4v) is 4.12. The van der Waals surface area contributed by atoms with E-state index in [-0.39, 0.29) is 24.0 Å². The number of halogens is 1. The molecule has 0 bridgehead atoms. The number of guanidine groups is 1. The Morgan fingerprint density at radius 2 is 2.18 bits per heavy atom. The molecule has 1 fully saturated rings. The van der Waals surface area contributed by atoms with Crippen LogP contribution >= 0.6 is 24.0 Å². The Labute approximate surface area is 183 Å². The van der Waals surface area contributed by atoms with E-state index in [2.05, 4.69) is 27.6 Å². The maximum absolute atomic E-state index is 5.43. The number of aliphatic imine (C=N–C) groups is 1. The minimum absolute atomic E-state index is 0. The molecule has 1 saturated carbocycles. The van der Waals surface area contributed by atoms with E-state index in [1.54, 1.807) is 12.6 Å². The predicted octanol–water partition coefficient (Wildman–Crippen LogP) is 3.16. The zero-order valence-electron chi connectivity index (χ0n) is 16.5. The molecule has 2 aromatic rings. The highest BCUT2D eigenvalue weighted by molar-refractivity contribution is 14.0. The quantitative estimate of drug-likeness (QED) is 0.376. The monoisotopic (exact) mass is 498 g/mol. The zero-order chi connectivity index (χ0) is 18.5. The number of fused-ring (bicyclic) bond motifs is 1. The summed E-state index contributed by atoms with van der Waals surface area (Å²) in [5.74, 6) is 3.67. The Hall–Kier alpha value is -1.58. The number of furan rings is 1. The van der Waals surface area contributed by atoms with Gasteiger partial charge in [-0.1, -0.05) is 19.8 Å². The molecule has 1 aliphatic heterocycles. The van der Waals surface area contributed by atoms with Crippen molar-refractivity contribution in [3.63, 3.8) is 0 Å². The average molecular weight is 498 g/mol. The highest BCUT2D eigenvalue weighted by atomic mass is 127. The van der Waals surface area contributed by atoms with Gasteiger partial charge in [-0.2, -0.15) is 5.10 Å². The first-order valence-corrected chi connectivity index (χ1v) is 10.2. The van der Waals surface area contributed by atoms with Crippen LogP contribution in [0.5, 0.6) is 0 Å². The van der Waals surface area contributed by atoms with Crippen LogP contribution in [0.1, 0.15) is 50.6 Å². The van der Waals surface area contributed by atoms with Crippen LogP contribution in [0.15, 0.2) is 34.1 Å². The molecule has 2 aliphatic rings. The van der Waals surface area contributed by atoms with Crippen molar-refractivity contribution in [2.75, 3.05) is 6.54 Å². The summed E-state index contributed by atoms with van der Waals surface area (Å²) in [5.41, 5.74) is 0. The molecule has 0 aromatic carbocycles. The first kappa shape index (κ1) is 21.1. The Kier molecular flexibility index (Phi) is 7.75. The lowest BCUT2D eigenvalue weighted by Crippen LogP contribution is -2.52. The predicted molar refractivity (Wildman–Crippen MR) is 120 cm³/mol. The molecule has 4 rings (SSSR count). The Morgan fingerprint density at radius 1 is 1.29 bits per heavy atom. The van der Waals surface area contributed by atoms with Gasteiger partial charge in [0.05, 0.1) is 12.8 Å². The van der Waals surface area contributed by atoms with Crippen LogP contribution in [0.25, 0.3) is 0 Å². The molecule has 0 amide bonds. The second-order valence-electron chi connectivity index (χ2n) is 7.81. The van der Waals surface area contributed by atoms with Gasteiger partial charge in [-0.3, -0.25) is 4.99 Å². The van der Waals surface area contributed by atoms with Crippen LogP contribution in [0, 0.1) is 5.92 Å². The molecule has 3 atom stereocenters. The first-order valence-electron chi connectivity index (χ1n) is 10.2.